The third kappa shape index (κ3) is 3.00. The number of benzene rings is 2. The first-order chi connectivity index (χ1) is 13.5. The minimum absolute atomic E-state index is 0.362. The van der Waals surface area contributed by atoms with Gasteiger partial charge in [0.1, 0.15) is 5.65 Å². The van der Waals surface area contributed by atoms with E-state index in [0.29, 0.717) is 18.7 Å². The molecule has 0 atom stereocenters. The predicted molar refractivity (Wildman–Crippen MR) is 115 cm³/mol. The van der Waals surface area contributed by atoms with E-state index < -0.39 is 0 Å². The van der Waals surface area contributed by atoms with Crippen LogP contribution in [-0.2, 0) is 11.8 Å². The highest BCUT2D eigenvalue weighted by Gasteiger charge is 2.15. The summed E-state index contributed by atoms with van der Waals surface area (Å²) in [7, 11) is 3.40. The highest BCUT2D eigenvalue weighted by atomic mass is 79.9. The summed E-state index contributed by atoms with van der Waals surface area (Å²) in [5, 5.41) is 3.89. The first kappa shape index (κ1) is 18.7. The second-order valence-electron chi connectivity index (χ2n) is 6.69. The van der Waals surface area contributed by atoms with Gasteiger partial charge in [0.25, 0.3) is 0 Å². The number of hydrogen-bond donors (Lipinski definition) is 2. The lowest BCUT2D eigenvalue weighted by Gasteiger charge is -2.11. The number of rotatable bonds is 4. The number of nitrogens with two attached hydrogens (primary N) is 1. The van der Waals surface area contributed by atoms with Crippen molar-refractivity contribution in [1.29, 1.82) is 0 Å². The standard InChI is InChI=1S/C21H21BrN4O2/c1-26-17-7-4-12(21(27)28-2)10-15(17)19(24-9-3-8-23)18-14-11-13(22)5-6-16(14)25-20(18)26/h4-7,10-11,25H,3,8-9,23H2,1-2H3. The zero-order valence-electron chi connectivity index (χ0n) is 15.8. The molecule has 3 N–H and O–H groups in total. The minimum Gasteiger partial charge on any atom is -0.465 e. The summed E-state index contributed by atoms with van der Waals surface area (Å²) in [6.45, 7) is 1.20. The molecule has 0 radical (unpaired) electrons. The Morgan fingerprint density at radius 1 is 1.25 bits per heavy atom. The van der Waals surface area contributed by atoms with Crippen molar-refractivity contribution in [3.8, 4) is 0 Å². The number of hydrogen-bond acceptors (Lipinski definition) is 4. The molecule has 0 bridgehead atoms. The van der Waals surface area contributed by atoms with Gasteiger partial charge in [0, 0.05) is 34.4 Å². The minimum atomic E-state index is -0.362. The molecule has 4 aromatic rings. The average Bonchev–Trinajstić information content (AvgIpc) is 3.08. The Morgan fingerprint density at radius 3 is 2.82 bits per heavy atom. The number of fused-ring (bicyclic) bond motifs is 4. The summed E-state index contributed by atoms with van der Waals surface area (Å²) in [4.78, 5) is 20.5. The molecule has 0 saturated carbocycles. The molecular formula is C21H21BrN4O2. The monoisotopic (exact) mass is 440 g/mol. The van der Waals surface area contributed by atoms with Gasteiger partial charge in [0.05, 0.1) is 28.9 Å². The molecule has 144 valence electrons. The van der Waals surface area contributed by atoms with Crippen LogP contribution in [0, 0.1) is 0 Å². The molecule has 4 rings (SSSR count). The summed E-state index contributed by atoms with van der Waals surface area (Å²) in [5.41, 5.74) is 9.18. The van der Waals surface area contributed by atoms with Crippen molar-refractivity contribution in [3.05, 3.63) is 51.8 Å². The lowest BCUT2D eigenvalue weighted by atomic mass is 10.1. The fourth-order valence-electron chi connectivity index (χ4n) is 3.61. The second-order valence-corrected chi connectivity index (χ2v) is 7.61. The molecule has 2 aromatic carbocycles. The molecule has 2 heterocycles. The number of esters is 1. The zero-order valence-corrected chi connectivity index (χ0v) is 17.3. The van der Waals surface area contributed by atoms with E-state index in [1.54, 1.807) is 6.07 Å². The van der Waals surface area contributed by atoms with Gasteiger partial charge in [-0.3, -0.25) is 4.99 Å². The van der Waals surface area contributed by atoms with Crippen LogP contribution in [-0.4, -0.2) is 35.7 Å². The summed E-state index contributed by atoms with van der Waals surface area (Å²) < 4.78 is 8.01. The zero-order chi connectivity index (χ0) is 19.8. The van der Waals surface area contributed by atoms with E-state index in [1.165, 1.54) is 7.11 Å². The van der Waals surface area contributed by atoms with E-state index in [4.69, 9.17) is 15.5 Å². The number of pyridine rings is 1. The van der Waals surface area contributed by atoms with Crippen molar-refractivity contribution in [2.75, 3.05) is 20.2 Å². The maximum Gasteiger partial charge on any atom is 0.337 e. The van der Waals surface area contributed by atoms with E-state index >= 15 is 0 Å². The lowest BCUT2D eigenvalue weighted by molar-refractivity contribution is 0.0601. The summed E-state index contributed by atoms with van der Waals surface area (Å²) in [6, 6.07) is 11.7. The highest BCUT2D eigenvalue weighted by Crippen LogP contribution is 2.28. The molecule has 0 aliphatic rings. The Balaban J connectivity index is 2.20. The van der Waals surface area contributed by atoms with Gasteiger partial charge < -0.3 is 20.0 Å². The number of halogens is 1. The molecule has 6 nitrogen and oxygen atoms in total. The van der Waals surface area contributed by atoms with Crippen LogP contribution >= 0.6 is 15.9 Å². The van der Waals surface area contributed by atoms with Crippen LogP contribution in [0.5, 0.6) is 0 Å². The van der Waals surface area contributed by atoms with Gasteiger partial charge in [-0.25, -0.2) is 4.79 Å². The Morgan fingerprint density at radius 2 is 2.07 bits per heavy atom. The number of ether oxygens (including phenoxy) is 1. The molecule has 0 aliphatic carbocycles. The molecule has 0 fully saturated rings. The molecule has 28 heavy (non-hydrogen) atoms. The SMILES string of the molecule is COC(=O)c1ccc2c(c1)c(=NCCCN)c1c3cc(Br)ccc3[nH]c1n2C. The second kappa shape index (κ2) is 7.41. The van der Waals surface area contributed by atoms with Gasteiger partial charge in [-0.15, -0.1) is 0 Å². The number of aromatic nitrogens is 2. The number of H-pyrrole nitrogens is 1. The number of methoxy groups -OCH3 is 1. The van der Waals surface area contributed by atoms with Crippen LogP contribution in [0.15, 0.2) is 45.9 Å². The Bertz CT molecular complexity index is 1290. The van der Waals surface area contributed by atoms with Gasteiger partial charge in [-0.2, -0.15) is 0 Å². The Labute approximate surface area is 170 Å². The van der Waals surface area contributed by atoms with Crippen molar-refractivity contribution < 1.29 is 9.53 Å². The third-order valence-corrected chi connectivity index (χ3v) is 5.47. The van der Waals surface area contributed by atoms with Gasteiger partial charge in [0.15, 0.2) is 0 Å². The number of carbonyl (C=O) groups is 1. The molecule has 0 spiro atoms. The van der Waals surface area contributed by atoms with Crippen molar-refractivity contribution in [3.63, 3.8) is 0 Å². The first-order valence-corrected chi connectivity index (χ1v) is 9.87. The largest absolute Gasteiger partial charge is 0.465 e. The number of nitrogens with zero attached hydrogens (tertiary/aromatic N) is 2. The summed E-state index contributed by atoms with van der Waals surface area (Å²) >= 11 is 3.57. The quantitative estimate of drug-likeness (QED) is 0.375. The van der Waals surface area contributed by atoms with Crippen molar-refractivity contribution in [1.82, 2.24) is 9.55 Å². The molecule has 0 unspecified atom stereocenters. The first-order valence-electron chi connectivity index (χ1n) is 9.07. The fourth-order valence-corrected chi connectivity index (χ4v) is 3.97. The molecule has 0 saturated heterocycles. The molecule has 0 aliphatic heterocycles. The van der Waals surface area contributed by atoms with Gasteiger partial charge in [0.2, 0.25) is 0 Å². The van der Waals surface area contributed by atoms with E-state index in [1.807, 2.05) is 31.3 Å². The van der Waals surface area contributed by atoms with Crippen LogP contribution in [0.4, 0.5) is 0 Å². The lowest BCUT2D eigenvalue weighted by Crippen LogP contribution is -2.13. The van der Waals surface area contributed by atoms with E-state index in [9.17, 15) is 4.79 Å². The highest BCUT2D eigenvalue weighted by molar-refractivity contribution is 9.10. The van der Waals surface area contributed by atoms with Crippen LogP contribution in [0.25, 0.3) is 32.8 Å². The molecule has 7 heteroatoms. The normalized spacial score (nSPS) is 12.4. The Hall–Kier alpha value is -2.64. The maximum absolute atomic E-state index is 12.1. The summed E-state index contributed by atoms with van der Waals surface area (Å²) in [5.74, 6) is -0.362. The van der Waals surface area contributed by atoms with Crippen molar-refractivity contribution in [2.45, 2.75) is 6.42 Å². The van der Waals surface area contributed by atoms with Crippen molar-refractivity contribution in [2.24, 2.45) is 17.8 Å². The topological polar surface area (TPSA) is 85.4 Å². The number of aromatic amines is 1. The molecular weight excluding hydrogens is 420 g/mol. The van der Waals surface area contributed by atoms with E-state index in [-0.39, 0.29) is 5.97 Å². The number of carbonyl (C=O) groups excluding carboxylic acids is 1. The predicted octanol–water partition coefficient (Wildman–Crippen LogP) is 3.61. The average molecular weight is 441 g/mol. The van der Waals surface area contributed by atoms with Crippen LogP contribution in [0.3, 0.4) is 0 Å². The van der Waals surface area contributed by atoms with E-state index in [2.05, 4.69) is 31.5 Å². The maximum atomic E-state index is 12.1. The molecule has 0 amide bonds. The van der Waals surface area contributed by atoms with Crippen molar-refractivity contribution >= 4 is 54.7 Å². The number of nitrogens with one attached hydrogen (secondary N) is 1. The van der Waals surface area contributed by atoms with E-state index in [0.717, 1.165) is 49.1 Å². The third-order valence-electron chi connectivity index (χ3n) is 4.98. The smallest absolute Gasteiger partial charge is 0.337 e. The van der Waals surface area contributed by atoms with Gasteiger partial charge in [-0.05, 0) is 49.4 Å². The van der Waals surface area contributed by atoms with Gasteiger partial charge in [-0.1, -0.05) is 15.9 Å². The fraction of sp³-hybridized carbons (Fsp3) is 0.238. The van der Waals surface area contributed by atoms with Gasteiger partial charge >= 0.3 is 5.97 Å². The van der Waals surface area contributed by atoms with Crippen LogP contribution < -0.4 is 11.1 Å². The van der Waals surface area contributed by atoms with Crippen LogP contribution in [0.1, 0.15) is 16.8 Å². The van der Waals surface area contributed by atoms with Crippen LogP contribution in [0.2, 0.25) is 0 Å². The number of aryl methyl sites for hydroxylation is 1. The Kier molecular flexibility index (Phi) is 4.95. The molecule has 2 aromatic heterocycles. The summed E-state index contributed by atoms with van der Waals surface area (Å²) in [6.07, 6.45) is 0.798.